The van der Waals surface area contributed by atoms with Crippen molar-refractivity contribution in [2.45, 2.75) is 71.3 Å². The lowest BCUT2D eigenvalue weighted by Crippen LogP contribution is -2.42. The van der Waals surface area contributed by atoms with Crippen LogP contribution < -0.4 is 5.32 Å². The summed E-state index contributed by atoms with van der Waals surface area (Å²) in [6, 6.07) is 0.885. The van der Waals surface area contributed by atoms with E-state index in [1.165, 1.54) is 38.6 Å². The van der Waals surface area contributed by atoms with E-state index < -0.39 is 0 Å². The van der Waals surface area contributed by atoms with E-state index in [0.717, 1.165) is 47.5 Å². The molecule has 0 radical (unpaired) electrons. The number of fused-ring (bicyclic) bond motifs is 5. The maximum Gasteiger partial charge on any atom is 0.0129 e. The van der Waals surface area contributed by atoms with E-state index in [1.807, 2.05) is 0 Å². The average molecular weight is 275 g/mol. The lowest BCUT2D eigenvalue weighted by molar-refractivity contribution is 0.189. The molecule has 0 heterocycles. The quantitative estimate of drug-likeness (QED) is 0.780. The third-order valence-corrected chi connectivity index (χ3v) is 7.32. The van der Waals surface area contributed by atoms with Crippen molar-refractivity contribution in [1.82, 2.24) is 5.32 Å². The molecule has 1 nitrogen and oxygen atoms in total. The van der Waals surface area contributed by atoms with Crippen molar-refractivity contribution in [3.63, 3.8) is 0 Å². The van der Waals surface area contributed by atoms with E-state index in [2.05, 4.69) is 19.2 Å². The van der Waals surface area contributed by atoms with Gasteiger partial charge in [0.05, 0.1) is 0 Å². The lowest BCUT2D eigenvalue weighted by atomic mass is 9.76. The summed E-state index contributed by atoms with van der Waals surface area (Å²) in [4.78, 5) is 0. The molecule has 0 aromatic heterocycles. The molecular weight excluding hydrogens is 242 g/mol. The van der Waals surface area contributed by atoms with Gasteiger partial charge in [-0.3, -0.25) is 0 Å². The zero-order valence-corrected chi connectivity index (χ0v) is 13.5. The molecule has 2 bridgehead atoms. The second-order valence-electron chi connectivity index (χ2n) is 8.58. The summed E-state index contributed by atoms with van der Waals surface area (Å²) in [7, 11) is 0. The summed E-state index contributed by atoms with van der Waals surface area (Å²) in [5.41, 5.74) is 0. The largest absolute Gasteiger partial charge is 0.313 e. The van der Waals surface area contributed by atoms with Gasteiger partial charge in [0.2, 0.25) is 0 Å². The molecule has 0 spiro atoms. The standard InChI is InChI=1S/C19H33N/c1-3-9-20-19(15-6-4-5-12(2)10-15)18-16-13-7-8-14(11-13)17(16)18/h12-20H,3-11H2,1-2H3. The van der Waals surface area contributed by atoms with Gasteiger partial charge in [-0.1, -0.05) is 26.7 Å². The molecular formula is C19H33N. The second-order valence-corrected chi connectivity index (χ2v) is 8.58. The first-order valence-corrected chi connectivity index (χ1v) is 9.53. The molecule has 7 atom stereocenters. The van der Waals surface area contributed by atoms with Crippen molar-refractivity contribution >= 4 is 0 Å². The van der Waals surface area contributed by atoms with E-state index >= 15 is 0 Å². The van der Waals surface area contributed by atoms with Gasteiger partial charge in [-0.25, -0.2) is 0 Å². The van der Waals surface area contributed by atoms with Crippen molar-refractivity contribution < 1.29 is 0 Å². The van der Waals surface area contributed by atoms with Gasteiger partial charge in [0.25, 0.3) is 0 Å². The van der Waals surface area contributed by atoms with Gasteiger partial charge in [0, 0.05) is 6.04 Å². The molecule has 0 saturated heterocycles. The van der Waals surface area contributed by atoms with Gasteiger partial charge in [0.1, 0.15) is 0 Å². The van der Waals surface area contributed by atoms with Gasteiger partial charge < -0.3 is 5.32 Å². The minimum atomic E-state index is 0.885. The van der Waals surface area contributed by atoms with Crippen LogP contribution in [-0.4, -0.2) is 12.6 Å². The first kappa shape index (κ1) is 13.6. The van der Waals surface area contributed by atoms with E-state index in [-0.39, 0.29) is 0 Å². The Kier molecular flexibility index (Phi) is 3.61. The summed E-state index contributed by atoms with van der Waals surface area (Å²) in [5, 5.41) is 4.02. The Bertz CT molecular complexity index is 336. The van der Waals surface area contributed by atoms with Gasteiger partial charge >= 0.3 is 0 Å². The second kappa shape index (κ2) is 5.30. The third-order valence-electron chi connectivity index (χ3n) is 7.32. The molecule has 4 fully saturated rings. The van der Waals surface area contributed by atoms with Crippen LogP contribution in [0.3, 0.4) is 0 Å². The molecule has 1 N–H and O–H groups in total. The fraction of sp³-hybridized carbons (Fsp3) is 1.00. The van der Waals surface area contributed by atoms with Crippen molar-refractivity contribution in [1.29, 1.82) is 0 Å². The number of rotatable bonds is 5. The van der Waals surface area contributed by atoms with Crippen LogP contribution in [0.1, 0.15) is 65.2 Å². The Labute approximate surface area is 125 Å². The van der Waals surface area contributed by atoms with Crippen LogP contribution in [0.5, 0.6) is 0 Å². The summed E-state index contributed by atoms with van der Waals surface area (Å²) in [6.07, 6.45) is 12.0. The highest BCUT2D eigenvalue weighted by molar-refractivity contribution is 5.16. The lowest BCUT2D eigenvalue weighted by Gasteiger charge is -2.35. The smallest absolute Gasteiger partial charge is 0.0129 e. The van der Waals surface area contributed by atoms with Crippen molar-refractivity contribution in [2.24, 2.45) is 41.4 Å². The van der Waals surface area contributed by atoms with Gasteiger partial charge in [0.15, 0.2) is 0 Å². The van der Waals surface area contributed by atoms with Crippen LogP contribution in [0.4, 0.5) is 0 Å². The van der Waals surface area contributed by atoms with Gasteiger partial charge in [-0.2, -0.15) is 0 Å². The minimum absolute atomic E-state index is 0.885. The maximum atomic E-state index is 4.02. The molecule has 7 unspecified atom stereocenters. The molecule has 20 heavy (non-hydrogen) atoms. The van der Waals surface area contributed by atoms with Crippen molar-refractivity contribution in [3.8, 4) is 0 Å². The topological polar surface area (TPSA) is 12.0 Å². The van der Waals surface area contributed by atoms with Crippen LogP contribution >= 0.6 is 0 Å². The van der Waals surface area contributed by atoms with Crippen molar-refractivity contribution in [3.05, 3.63) is 0 Å². The highest BCUT2D eigenvalue weighted by atomic mass is 15.0. The normalized spacial score (nSPS) is 51.0. The minimum Gasteiger partial charge on any atom is -0.313 e. The number of hydrogen-bond donors (Lipinski definition) is 1. The number of nitrogens with one attached hydrogen (secondary N) is 1. The van der Waals surface area contributed by atoms with Crippen LogP contribution in [-0.2, 0) is 0 Å². The van der Waals surface area contributed by atoms with Crippen LogP contribution in [0.25, 0.3) is 0 Å². The fourth-order valence-electron chi connectivity index (χ4n) is 6.61. The summed E-state index contributed by atoms with van der Waals surface area (Å²) in [6.45, 7) is 6.06. The van der Waals surface area contributed by atoms with E-state index in [0.29, 0.717) is 0 Å². The Morgan fingerprint density at radius 2 is 1.75 bits per heavy atom. The third kappa shape index (κ3) is 2.16. The SMILES string of the molecule is CCCNC(C1CCCC(C)C1)C1C2C3CCC(C3)C21. The highest BCUT2D eigenvalue weighted by Crippen LogP contribution is 2.71. The van der Waals surface area contributed by atoms with Gasteiger partial charge in [-0.05, 0) is 86.5 Å². The Morgan fingerprint density at radius 1 is 1.00 bits per heavy atom. The molecule has 0 aromatic carbocycles. The molecule has 0 amide bonds. The Morgan fingerprint density at radius 3 is 2.40 bits per heavy atom. The first-order valence-electron chi connectivity index (χ1n) is 9.53. The fourth-order valence-corrected chi connectivity index (χ4v) is 6.61. The first-order chi connectivity index (χ1) is 9.79. The predicted molar refractivity (Wildman–Crippen MR) is 84.5 cm³/mol. The van der Waals surface area contributed by atoms with E-state index in [4.69, 9.17) is 0 Å². The molecule has 1 heteroatoms. The molecule has 4 aliphatic carbocycles. The molecule has 4 rings (SSSR count). The average Bonchev–Trinajstić information content (AvgIpc) is 2.87. The van der Waals surface area contributed by atoms with Crippen LogP contribution in [0.2, 0.25) is 0 Å². The summed E-state index contributed by atoms with van der Waals surface area (Å²) in [5.74, 6) is 7.66. The monoisotopic (exact) mass is 275 g/mol. The highest BCUT2D eigenvalue weighted by Gasteiger charge is 2.67. The molecule has 0 aliphatic heterocycles. The molecule has 0 aromatic rings. The van der Waals surface area contributed by atoms with E-state index in [9.17, 15) is 0 Å². The molecule has 4 aliphatic rings. The maximum absolute atomic E-state index is 4.02. The molecule has 114 valence electrons. The Hall–Kier alpha value is -0.0400. The van der Waals surface area contributed by atoms with Crippen LogP contribution in [0.15, 0.2) is 0 Å². The van der Waals surface area contributed by atoms with Gasteiger partial charge in [-0.15, -0.1) is 0 Å². The molecule has 4 saturated carbocycles. The Balaban J connectivity index is 1.46. The van der Waals surface area contributed by atoms with Crippen LogP contribution in [0, 0.1) is 41.4 Å². The summed E-state index contributed by atoms with van der Waals surface area (Å²) < 4.78 is 0. The number of hydrogen-bond acceptors (Lipinski definition) is 1. The van der Waals surface area contributed by atoms with Crippen molar-refractivity contribution in [2.75, 3.05) is 6.54 Å². The summed E-state index contributed by atoms with van der Waals surface area (Å²) >= 11 is 0. The predicted octanol–water partition coefficient (Wildman–Crippen LogP) is 4.47. The van der Waals surface area contributed by atoms with E-state index in [1.54, 1.807) is 19.3 Å². The zero-order valence-electron chi connectivity index (χ0n) is 13.5. The zero-order chi connectivity index (χ0) is 13.7.